The second kappa shape index (κ2) is 8.75. The van der Waals surface area contributed by atoms with Crippen molar-refractivity contribution in [2.75, 3.05) is 21.3 Å². The summed E-state index contributed by atoms with van der Waals surface area (Å²) in [5.41, 5.74) is 0.368. The van der Waals surface area contributed by atoms with Crippen molar-refractivity contribution in [2.45, 2.75) is 17.9 Å². The van der Waals surface area contributed by atoms with Gasteiger partial charge in [0.25, 0.3) is 0 Å². The number of ketones is 1. The SMILES string of the molecule is COc1ccc([C@@]2(C[C@H](C=O)c3ccccc3)Oc3cc(OC)cc(OC)c3C2=O)cc1. The standard InChI is InChI=1S/C26H24O6/c1-29-20-11-9-19(10-12-20)26(15-18(16-27)17-7-5-4-6-8-17)25(28)24-22(31-3)13-21(30-2)14-23(24)32-26/h4-14,16,18H,15H2,1-3H3/t18-,26-/m1/s1. The van der Waals surface area contributed by atoms with Gasteiger partial charge in [0, 0.05) is 30.0 Å². The van der Waals surface area contributed by atoms with E-state index >= 15 is 0 Å². The van der Waals surface area contributed by atoms with E-state index in [1.165, 1.54) is 14.2 Å². The highest BCUT2D eigenvalue weighted by atomic mass is 16.5. The van der Waals surface area contributed by atoms with Gasteiger partial charge < -0.3 is 23.7 Å². The van der Waals surface area contributed by atoms with Crippen LogP contribution in [0.1, 0.15) is 33.8 Å². The van der Waals surface area contributed by atoms with Crippen LogP contribution in [0.25, 0.3) is 0 Å². The number of hydrogen-bond donors (Lipinski definition) is 0. The molecule has 0 fully saturated rings. The molecule has 3 aromatic rings. The van der Waals surface area contributed by atoms with Crippen molar-refractivity contribution in [3.8, 4) is 23.0 Å². The Hall–Kier alpha value is -3.80. The molecular weight excluding hydrogens is 408 g/mol. The lowest BCUT2D eigenvalue weighted by Crippen LogP contribution is -2.39. The molecule has 0 amide bonds. The van der Waals surface area contributed by atoms with Gasteiger partial charge in [-0.25, -0.2) is 0 Å². The maximum absolute atomic E-state index is 13.9. The number of carbonyl (C=O) groups excluding carboxylic acids is 2. The fourth-order valence-electron chi connectivity index (χ4n) is 4.14. The van der Waals surface area contributed by atoms with Crippen LogP contribution in [0, 0.1) is 0 Å². The first kappa shape index (κ1) is 21.4. The van der Waals surface area contributed by atoms with E-state index in [0.29, 0.717) is 34.1 Å². The lowest BCUT2D eigenvalue weighted by Gasteiger charge is -2.30. The molecule has 4 rings (SSSR count). The second-order valence-corrected chi connectivity index (χ2v) is 7.55. The molecule has 2 atom stereocenters. The zero-order chi connectivity index (χ0) is 22.7. The maximum Gasteiger partial charge on any atom is 0.218 e. The van der Waals surface area contributed by atoms with Crippen LogP contribution >= 0.6 is 0 Å². The summed E-state index contributed by atoms with van der Waals surface area (Å²) < 4.78 is 22.5. The van der Waals surface area contributed by atoms with E-state index in [9.17, 15) is 9.59 Å². The summed E-state index contributed by atoms with van der Waals surface area (Å²) in [7, 11) is 4.60. The predicted molar refractivity (Wildman–Crippen MR) is 119 cm³/mol. The normalized spacial score (nSPS) is 17.8. The Morgan fingerprint density at radius 2 is 1.59 bits per heavy atom. The van der Waals surface area contributed by atoms with Gasteiger partial charge in [-0.2, -0.15) is 0 Å². The lowest BCUT2D eigenvalue weighted by atomic mass is 9.78. The number of fused-ring (bicyclic) bond motifs is 1. The molecule has 164 valence electrons. The molecule has 0 bridgehead atoms. The van der Waals surface area contributed by atoms with Crippen LogP contribution in [0.3, 0.4) is 0 Å². The molecule has 0 saturated heterocycles. The molecule has 0 radical (unpaired) electrons. The van der Waals surface area contributed by atoms with Crippen molar-refractivity contribution in [3.63, 3.8) is 0 Å². The summed E-state index contributed by atoms with van der Waals surface area (Å²) in [4.78, 5) is 26.1. The molecule has 0 spiro atoms. The van der Waals surface area contributed by atoms with E-state index in [-0.39, 0.29) is 12.2 Å². The van der Waals surface area contributed by atoms with Gasteiger partial charge in [0.1, 0.15) is 34.8 Å². The Labute approximate surface area is 186 Å². The molecule has 6 heteroatoms. The van der Waals surface area contributed by atoms with Gasteiger partial charge in [0.05, 0.1) is 21.3 Å². The van der Waals surface area contributed by atoms with Crippen molar-refractivity contribution in [1.82, 2.24) is 0 Å². The van der Waals surface area contributed by atoms with Crippen molar-refractivity contribution in [2.24, 2.45) is 0 Å². The van der Waals surface area contributed by atoms with Crippen molar-refractivity contribution < 1.29 is 28.5 Å². The van der Waals surface area contributed by atoms with Crippen molar-refractivity contribution in [1.29, 1.82) is 0 Å². The molecule has 1 aliphatic rings. The highest BCUT2D eigenvalue weighted by Gasteiger charge is 2.52. The highest BCUT2D eigenvalue weighted by molar-refractivity contribution is 6.10. The van der Waals surface area contributed by atoms with Gasteiger partial charge in [-0.1, -0.05) is 42.5 Å². The van der Waals surface area contributed by atoms with E-state index in [1.807, 2.05) is 30.3 Å². The first-order chi connectivity index (χ1) is 15.6. The third-order valence-corrected chi connectivity index (χ3v) is 5.83. The molecule has 1 aliphatic heterocycles. The molecule has 0 N–H and O–H groups in total. The Balaban J connectivity index is 1.86. The van der Waals surface area contributed by atoms with E-state index in [4.69, 9.17) is 18.9 Å². The van der Waals surface area contributed by atoms with Crippen LogP contribution in [0.5, 0.6) is 23.0 Å². The lowest BCUT2D eigenvalue weighted by molar-refractivity contribution is -0.110. The Morgan fingerprint density at radius 3 is 2.19 bits per heavy atom. The topological polar surface area (TPSA) is 71.1 Å². The third-order valence-electron chi connectivity index (χ3n) is 5.83. The van der Waals surface area contributed by atoms with Crippen LogP contribution in [-0.2, 0) is 10.4 Å². The van der Waals surface area contributed by atoms with Crippen molar-refractivity contribution >= 4 is 12.1 Å². The summed E-state index contributed by atoms with van der Waals surface area (Å²) in [6.07, 6.45) is 0.990. The molecule has 0 aliphatic carbocycles. The number of Topliss-reactive ketones (excluding diaryl/α,β-unsaturated/α-hetero) is 1. The molecule has 0 unspecified atom stereocenters. The van der Waals surface area contributed by atoms with Gasteiger partial charge in [-0.05, 0) is 17.7 Å². The molecule has 32 heavy (non-hydrogen) atoms. The quantitative estimate of drug-likeness (QED) is 0.486. The van der Waals surface area contributed by atoms with E-state index < -0.39 is 11.5 Å². The third kappa shape index (κ3) is 3.58. The van der Waals surface area contributed by atoms with E-state index in [2.05, 4.69) is 0 Å². The number of benzene rings is 3. The monoisotopic (exact) mass is 432 g/mol. The molecular formula is C26H24O6. The fraction of sp³-hybridized carbons (Fsp3) is 0.231. The minimum atomic E-state index is -1.41. The van der Waals surface area contributed by atoms with Gasteiger partial charge in [0.2, 0.25) is 5.78 Å². The largest absolute Gasteiger partial charge is 0.497 e. The van der Waals surface area contributed by atoms with Crippen LogP contribution in [-0.4, -0.2) is 33.4 Å². The first-order valence-electron chi connectivity index (χ1n) is 10.2. The van der Waals surface area contributed by atoms with Gasteiger partial charge in [0.15, 0.2) is 5.60 Å². The Kier molecular flexibility index (Phi) is 5.86. The molecule has 0 aromatic heterocycles. The second-order valence-electron chi connectivity index (χ2n) is 7.55. The van der Waals surface area contributed by atoms with Crippen molar-refractivity contribution in [3.05, 3.63) is 83.4 Å². The predicted octanol–water partition coefficient (Wildman–Crippen LogP) is 4.56. The number of methoxy groups -OCH3 is 3. The summed E-state index contributed by atoms with van der Waals surface area (Å²) in [6.45, 7) is 0. The van der Waals surface area contributed by atoms with Crippen LogP contribution < -0.4 is 18.9 Å². The number of rotatable bonds is 8. The molecule has 6 nitrogen and oxygen atoms in total. The molecule has 1 heterocycles. The highest BCUT2D eigenvalue weighted by Crippen LogP contribution is 2.50. The Morgan fingerprint density at radius 1 is 0.906 bits per heavy atom. The van der Waals surface area contributed by atoms with Crippen LogP contribution in [0.4, 0.5) is 0 Å². The van der Waals surface area contributed by atoms with E-state index in [1.54, 1.807) is 43.5 Å². The Bertz CT molecular complexity index is 1120. The number of carbonyl (C=O) groups is 2. The maximum atomic E-state index is 13.9. The fourth-order valence-corrected chi connectivity index (χ4v) is 4.14. The average molecular weight is 432 g/mol. The van der Waals surface area contributed by atoms with Gasteiger partial charge >= 0.3 is 0 Å². The molecule has 3 aromatic carbocycles. The molecule has 0 saturated carbocycles. The minimum Gasteiger partial charge on any atom is -0.497 e. The minimum absolute atomic E-state index is 0.131. The number of ether oxygens (including phenoxy) is 4. The number of hydrogen-bond acceptors (Lipinski definition) is 6. The van der Waals surface area contributed by atoms with Gasteiger partial charge in [-0.3, -0.25) is 4.79 Å². The zero-order valence-electron chi connectivity index (χ0n) is 18.2. The average Bonchev–Trinajstić information content (AvgIpc) is 3.14. The van der Waals surface area contributed by atoms with Gasteiger partial charge in [-0.15, -0.1) is 0 Å². The summed E-state index contributed by atoms with van der Waals surface area (Å²) in [6, 6.07) is 19.8. The zero-order valence-corrected chi connectivity index (χ0v) is 18.2. The number of aldehydes is 1. The smallest absolute Gasteiger partial charge is 0.218 e. The van der Waals surface area contributed by atoms with E-state index in [0.717, 1.165) is 11.8 Å². The summed E-state index contributed by atoms with van der Waals surface area (Å²) in [5.74, 6) is 1.07. The van der Waals surface area contributed by atoms with Crippen LogP contribution in [0.15, 0.2) is 66.7 Å². The summed E-state index contributed by atoms with van der Waals surface area (Å²) >= 11 is 0. The van der Waals surface area contributed by atoms with Crippen LogP contribution in [0.2, 0.25) is 0 Å². The summed E-state index contributed by atoms with van der Waals surface area (Å²) in [5, 5.41) is 0. The first-order valence-corrected chi connectivity index (χ1v) is 10.2.